The minimum atomic E-state index is -0.192. The number of benzene rings is 2. The van der Waals surface area contributed by atoms with E-state index in [2.05, 4.69) is 5.32 Å². The Kier molecular flexibility index (Phi) is 5.80. The standard InChI is InChI=1S/C17H19NO4/c1-3-21-14-8-10-16(11-9-14)22-15-6-4-13(5-7-15)18-17(19)12-20-2/h4-11H,3,12H2,1-2H3,(H,18,19). The fourth-order valence-corrected chi connectivity index (χ4v) is 1.84. The van der Waals surface area contributed by atoms with E-state index in [1.165, 1.54) is 7.11 Å². The lowest BCUT2D eigenvalue weighted by Gasteiger charge is -2.09. The molecule has 0 saturated carbocycles. The van der Waals surface area contributed by atoms with E-state index in [1.807, 2.05) is 31.2 Å². The summed E-state index contributed by atoms with van der Waals surface area (Å²) in [4.78, 5) is 11.4. The van der Waals surface area contributed by atoms with Gasteiger partial charge < -0.3 is 19.5 Å². The molecule has 0 fully saturated rings. The van der Waals surface area contributed by atoms with Crippen molar-refractivity contribution in [3.8, 4) is 17.2 Å². The molecule has 1 amide bonds. The molecule has 0 aliphatic rings. The second-order valence-electron chi connectivity index (χ2n) is 4.51. The first-order chi connectivity index (χ1) is 10.7. The van der Waals surface area contributed by atoms with Gasteiger partial charge in [-0.1, -0.05) is 0 Å². The second-order valence-corrected chi connectivity index (χ2v) is 4.51. The van der Waals surface area contributed by atoms with Crippen LogP contribution in [-0.2, 0) is 9.53 Å². The summed E-state index contributed by atoms with van der Waals surface area (Å²) < 4.78 is 15.9. The number of ether oxygens (including phenoxy) is 3. The molecular formula is C17H19NO4. The Bertz CT molecular complexity index is 593. The summed E-state index contributed by atoms with van der Waals surface area (Å²) in [7, 11) is 1.48. The summed E-state index contributed by atoms with van der Waals surface area (Å²) >= 11 is 0. The van der Waals surface area contributed by atoms with Gasteiger partial charge >= 0.3 is 0 Å². The summed E-state index contributed by atoms with van der Waals surface area (Å²) in [6.07, 6.45) is 0. The van der Waals surface area contributed by atoms with Crippen LogP contribution < -0.4 is 14.8 Å². The third-order valence-corrected chi connectivity index (χ3v) is 2.78. The van der Waals surface area contributed by atoms with Crippen LogP contribution in [0.2, 0.25) is 0 Å². The number of carbonyl (C=O) groups is 1. The van der Waals surface area contributed by atoms with E-state index in [9.17, 15) is 4.79 Å². The van der Waals surface area contributed by atoms with Crippen LogP contribution in [0.15, 0.2) is 48.5 Å². The largest absolute Gasteiger partial charge is 0.494 e. The highest BCUT2D eigenvalue weighted by molar-refractivity contribution is 5.91. The molecule has 5 nitrogen and oxygen atoms in total. The smallest absolute Gasteiger partial charge is 0.250 e. The molecule has 0 unspecified atom stereocenters. The first-order valence-corrected chi connectivity index (χ1v) is 7.01. The Hall–Kier alpha value is -2.53. The predicted octanol–water partition coefficient (Wildman–Crippen LogP) is 3.46. The van der Waals surface area contributed by atoms with Crippen LogP contribution in [0, 0.1) is 0 Å². The van der Waals surface area contributed by atoms with Crippen LogP contribution in [-0.4, -0.2) is 26.2 Å². The minimum absolute atomic E-state index is 0.0322. The maximum absolute atomic E-state index is 11.4. The zero-order valence-electron chi connectivity index (χ0n) is 12.7. The summed E-state index contributed by atoms with van der Waals surface area (Å²) in [5.74, 6) is 2.03. The van der Waals surface area contributed by atoms with Crippen LogP contribution >= 0.6 is 0 Å². The Morgan fingerprint density at radius 2 is 1.50 bits per heavy atom. The van der Waals surface area contributed by atoms with E-state index in [-0.39, 0.29) is 12.5 Å². The number of amides is 1. The summed E-state index contributed by atoms with van der Waals surface area (Å²) in [6, 6.07) is 14.5. The topological polar surface area (TPSA) is 56.8 Å². The van der Waals surface area contributed by atoms with E-state index >= 15 is 0 Å². The molecule has 0 heterocycles. The lowest BCUT2D eigenvalue weighted by Crippen LogP contribution is -2.16. The number of rotatable bonds is 7. The highest BCUT2D eigenvalue weighted by atomic mass is 16.5. The van der Waals surface area contributed by atoms with Gasteiger partial charge in [0, 0.05) is 12.8 Å². The molecule has 0 radical (unpaired) electrons. The summed E-state index contributed by atoms with van der Waals surface area (Å²) in [5.41, 5.74) is 0.695. The number of hydrogen-bond donors (Lipinski definition) is 1. The van der Waals surface area contributed by atoms with Gasteiger partial charge in [0.2, 0.25) is 5.91 Å². The molecule has 5 heteroatoms. The number of carbonyl (C=O) groups excluding carboxylic acids is 1. The second kappa shape index (κ2) is 8.05. The lowest BCUT2D eigenvalue weighted by atomic mass is 10.3. The number of anilines is 1. The van der Waals surface area contributed by atoms with E-state index in [1.54, 1.807) is 24.3 Å². The van der Waals surface area contributed by atoms with Gasteiger partial charge in [-0.2, -0.15) is 0 Å². The van der Waals surface area contributed by atoms with Crippen molar-refractivity contribution in [3.05, 3.63) is 48.5 Å². The van der Waals surface area contributed by atoms with Crippen LogP contribution in [0.1, 0.15) is 6.92 Å². The molecule has 2 aromatic carbocycles. The molecule has 2 rings (SSSR count). The van der Waals surface area contributed by atoms with Gasteiger partial charge in [-0.15, -0.1) is 0 Å². The Morgan fingerprint density at radius 1 is 0.955 bits per heavy atom. The van der Waals surface area contributed by atoms with Crippen molar-refractivity contribution in [2.24, 2.45) is 0 Å². The quantitative estimate of drug-likeness (QED) is 0.851. The van der Waals surface area contributed by atoms with Gasteiger partial charge in [0.25, 0.3) is 0 Å². The van der Waals surface area contributed by atoms with E-state index in [4.69, 9.17) is 14.2 Å². The van der Waals surface area contributed by atoms with Gasteiger partial charge in [0.1, 0.15) is 23.9 Å². The predicted molar refractivity (Wildman–Crippen MR) is 84.6 cm³/mol. The molecule has 0 atom stereocenters. The van der Waals surface area contributed by atoms with Crippen molar-refractivity contribution in [1.82, 2.24) is 0 Å². The average molecular weight is 301 g/mol. The minimum Gasteiger partial charge on any atom is -0.494 e. The normalized spacial score (nSPS) is 10.1. The van der Waals surface area contributed by atoms with Gasteiger partial charge in [-0.25, -0.2) is 0 Å². The molecule has 1 N–H and O–H groups in total. The van der Waals surface area contributed by atoms with Crippen LogP contribution in [0.5, 0.6) is 17.2 Å². The zero-order chi connectivity index (χ0) is 15.8. The maximum atomic E-state index is 11.4. The van der Waals surface area contributed by atoms with Gasteiger partial charge in [0.15, 0.2) is 0 Å². The first-order valence-electron chi connectivity index (χ1n) is 7.01. The van der Waals surface area contributed by atoms with Crippen molar-refractivity contribution >= 4 is 11.6 Å². The maximum Gasteiger partial charge on any atom is 0.250 e. The molecule has 116 valence electrons. The van der Waals surface area contributed by atoms with Crippen molar-refractivity contribution in [2.75, 3.05) is 25.6 Å². The fourth-order valence-electron chi connectivity index (χ4n) is 1.84. The highest BCUT2D eigenvalue weighted by Crippen LogP contribution is 2.25. The molecule has 0 spiro atoms. The van der Waals surface area contributed by atoms with E-state index in [0.29, 0.717) is 18.0 Å². The average Bonchev–Trinajstić information content (AvgIpc) is 2.52. The van der Waals surface area contributed by atoms with Crippen molar-refractivity contribution in [2.45, 2.75) is 6.92 Å². The van der Waals surface area contributed by atoms with Crippen LogP contribution in [0.25, 0.3) is 0 Å². The molecule has 0 saturated heterocycles. The third-order valence-electron chi connectivity index (χ3n) is 2.78. The summed E-state index contributed by atoms with van der Waals surface area (Å²) in [5, 5.41) is 2.72. The molecule has 0 aromatic heterocycles. The van der Waals surface area contributed by atoms with Gasteiger partial charge in [0.05, 0.1) is 6.61 Å². The van der Waals surface area contributed by atoms with Crippen molar-refractivity contribution in [3.63, 3.8) is 0 Å². The van der Waals surface area contributed by atoms with Crippen LogP contribution in [0.4, 0.5) is 5.69 Å². The molecule has 2 aromatic rings. The number of methoxy groups -OCH3 is 1. The van der Waals surface area contributed by atoms with E-state index < -0.39 is 0 Å². The number of nitrogens with one attached hydrogen (secondary N) is 1. The van der Waals surface area contributed by atoms with Gasteiger partial charge in [-0.05, 0) is 55.5 Å². The van der Waals surface area contributed by atoms with Crippen molar-refractivity contribution in [1.29, 1.82) is 0 Å². The lowest BCUT2D eigenvalue weighted by molar-refractivity contribution is -0.119. The highest BCUT2D eigenvalue weighted by Gasteiger charge is 2.02. The zero-order valence-corrected chi connectivity index (χ0v) is 12.7. The molecular weight excluding hydrogens is 282 g/mol. The van der Waals surface area contributed by atoms with Gasteiger partial charge in [-0.3, -0.25) is 4.79 Å². The molecule has 0 aliphatic heterocycles. The number of hydrogen-bond acceptors (Lipinski definition) is 4. The summed E-state index contributed by atoms with van der Waals surface area (Å²) in [6.45, 7) is 2.61. The molecule has 0 bridgehead atoms. The van der Waals surface area contributed by atoms with E-state index in [0.717, 1.165) is 11.5 Å². The van der Waals surface area contributed by atoms with Crippen molar-refractivity contribution < 1.29 is 19.0 Å². The molecule has 0 aliphatic carbocycles. The SMILES string of the molecule is CCOc1ccc(Oc2ccc(NC(=O)COC)cc2)cc1. The van der Waals surface area contributed by atoms with Crippen LogP contribution in [0.3, 0.4) is 0 Å². The Labute approximate surface area is 129 Å². The Morgan fingerprint density at radius 3 is 2.05 bits per heavy atom. The third kappa shape index (κ3) is 4.79. The Balaban J connectivity index is 1.94. The monoisotopic (exact) mass is 301 g/mol. The molecule has 22 heavy (non-hydrogen) atoms. The fraction of sp³-hybridized carbons (Fsp3) is 0.235. The first kappa shape index (κ1) is 15.9.